The number of pyridine rings is 2. The topological polar surface area (TPSA) is 99.2 Å². The molecule has 2 saturated carbocycles. The first-order valence-corrected chi connectivity index (χ1v) is 14.5. The Kier molecular flexibility index (Phi) is 6.59. The lowest BCUT2D eigenvalue weighted by molar-refractivity contribution is -0.140. The maximum absolute atomic E-state index is 12.6. The number of hydrogen-bond donors (Lipinski definition) is 2. The minimum atomic E-state index is 0.0476. The Morgan fingerprint density at radius 1 is 0.975 bits per heavy atom. The molecule has 4 heterocycles. The van der Waals surface area contributed by atoms with Gasteiger partial charge in [0, 0.05) is 63.6 Å². The van der Waals surface area contributed by atoms with Gasteiger partial charge in [-0.25, -0.2) is 9.97 Å². The van der Waals surface area contributed by atoms with Crippen LogP contribution in [0, 0.1) is 11.8 Å². The summed E-state index contributed by atoms with van der Waals surface area (Å²) in [4.78, 5) is 42.1. The molecule has 40 heavy (non-hydrogen) atoms. The smallest absolute Gasteiger partial charge is 0.251 e. The first kappa shape index (κ1) is 25.0. The molecule has 1 amide bonds. The number of anilines is 2. The minimum Gasteiger partial charge on any atom is -0.340 e. The Bertz CT molecular complexity index is 1590. The number of aromatic amines is 1. The van der Waals surface area contributed by atoms with Crippen molar-refractivity contribution in [1.29, 1.82) is 0 Å². The molecule has 0 spiro atoms. The van der Waals surface area contributed by atoms with Crippen LogP contribution in [0.1, 0.15) is 37.7 Å². The summed E-state index contributed by atoms with van der Waals surface area (Å²) in [5.41, 5.74) is 4.85. The second-order valence-corrected chi connectivity index (χ2v) is 11.6. The molecule has 0 unspecified atom stereocenters. The number of carbonyl (C=O) groups is 1. The molecular formula is C31H35N7O2. The zero-order chi connectivity index (χ0) is 27.1. The maximum Gasteiger partial charge on any atom is 0.251 e. The molecule has 0 bridgehead atoms. The van der Waals surface area contributed by atoms with E-state index in [0.717, 1.165) is 80.1 Å². The summed E-state index contributed by atoms with van der Waals surface area (Å²) in [5.74, 6) is 2.65. The van der Waals surface area contributed by atoms with Gasteiger partial charge in [0.2, 0.25) is 11.9 Å². The van der Waals surface area contributed by atoms with Gasteiger partial charge in [0.1, 0.15) is 5.82 Å². The van der Waals surface area contributed by atoms with Crippen LogP contribution in [0.5, 0.6) is 0 Å². The number of imidazole rings is 1. The zero-order valence-corrected chi connectivity index (χ0v) is 22.7. The summed E-state index contributed by atoms with van der Waals surface area (Å²) >= 11 is 0. The molecule has 3 aromatic heterocycles. The van der Waals surface area contributed by atoms with Gasteiger partial charge in [-0.15, -0.1) is 0 Å². The van der Waals surface area contributed by atoms with E-state index < -0.39 is 0 Å². The van der Waals surface area contributed by atoms with Gasteiger partial charge in [0.15, 0.2) is 0 Å². The summed E-state index contributed by atoms with van der Waals surface area (Å²) in [6.45, 7) is 5.06. The Morgan fingerprint density at radius 2 is 1.80 bits per heavy atom. The number of nitrogens with one attached hydrogen (secondary N) is 2. The van der Waals surface area contributed by atoms with Crippen LogP contribution in [-0.2, 0) is 17.9 Å². The van der Waals surface area contributed by atoms with Crippen LogP contribution in [0.15, 0.2) is 59.7 Å². The average molecular weight is 538 g/mol. The van der Waals surface area contributed by atoms with Crippen LogP contribution in [0.2, 0.25) is 0 Å². The highest BCUT2D eigenvalue weighted by atomic mass is 16.2. The SMILES string of the molecule is O=C(C1CCC1)N1CCN(Cc2ccnc(Nc3nc4ccc(-c5ccn(CC6CC6)c(=O)c5)cc4[nH]3)c2)CC1. The molecule has 0 atom stereocenters. The predicted molar refractivity (Wildman–Crippen MR) is 155 cm³/mol. The van der Waals surface area contributed by atoms with Crippen molar-refractivity contribution in [1.82, 2.24) is 29.3 Å². The van der Waals surface area contributed by atoms with Gasteiger partial charge >= 0.3 is 0 Å². The van der Waals surface area contributed by atoms with E-state index >= 15 is 0 Å². The van der Waals surface area contributed by atoms with Crippen molar-refractivity contribution in [3.8, 4) is 11.1 Å². The molecule has 9 nitrogen and oxygen atoms in total. The first-order valence-electron chi connectivity index (χ1n) is 14.5. The standard InChI is InChI=1S/C31H35N7O2/c39-29-18-25(9-11-38(29)20-21-4-5-21)24-6-7-26-27(17-24)34-31(33-26)35-28-16-22(8-10-32-28)19-36-12-14-37(15-13-36)30(40)23-2-1-3-23/h6-11,16-18,21,23H,1-5,12-15,19-20H2,(H2,32,33,34,35). The Morgan fingerprint density at radius 3 is 2.55 bits per heavy atom. The van der Waals surface area contributed by atoms with E-state index in [4.69, 9.17) is 0 Å². The molecule has 3 aliphatic rings. The average Bonchev–Trinajstić information content (AvgIpc) is 3.66. The molecule has 4 aromatic rings. The van der Waals surface area contributed by atoms with Gasteiger partial charge in [0.25, 0.3) is 5.56 Å². The molecule has 7 rings (SSSR count). The van der Waals surface area contributed by atoms with Crippen LogP contribution >= 0.6 is 0 Å². The maximum atomic E-state index is 12.6. The lowest BCUT2D eigenvalue weighted by atomic mass is 9.84. The predicted octanol–water partition coefficient (Wildman–Crippen LogP) is 4.38. The minimum absolute atomic E-state index is 0.0476. The van der Waals surface area contributed by atoms with E-state index in [1.54, 1.807) is 6.07 Å². The largest absolute Gasteiger partial charge is 0.340 e. The normalized spacial score (nSPS) is 18.1. The number of aromatic nitrogens is 4. The van der Waals surface area contributed by atoms with Crippen molar-refractivity contribution in [3.63, 3.8) is 0 Å². The highest BCUT2D eigenvalue weighted by molar-refractivity contribution is 5.84. The number of benzene rings is 1. The van der Waals surface area contributed by atoms with Crippen molar-refractivity contribution in [2.75, 3.05) is 31.5 Å². The van der Waals surface area contributed by atoms with E-state index in [1.807, 2.05) is 47.3 Å². The Hall–Kier alpha value is -3.98. The quantitative estimate of drug-likeness (QED) is 0.346. The third-order valence-corrected chi connectivity index (χ3v) is 8.58. The van der Waals surface area contributed by atoms with Crippen LogP contribution in [-0.4, -0.2) is 61.4 Å². The third kappa shape index (κ3) is 5.38. The number of hydrogen-bond acceptors (Lipinski definition) is 6. The van der Waals surface area contributed by atoms with E-state index in [-0.39, 0.29) is 11.5 Å². The summed E-state index contributed by atoms with van der Waals surface area (Å²) < 4.78 is 1.82. The highest BCUT2D eigenvalue weighted by Crippen LogP contribution is 2.31. The van der Waals surface area contributed by atoms with Crippen LogP contribution in [0.3, 0.4) is 0 Å². The molecule has 1 aromatic carbocycles. The molecule has 206 valence electrons. The number of fused-ring (bicyclic) bond motifs is 1. The molecule has 2 N–H and O–H groups in total. The fourth-order valence-corrected chi connectivity index (χ4v) is 5.73. The second kappa shape index (κ2) is 10.5. The summed E-state index contributed by atoms with van der Waals surface area (Å²) in [6, 6.07) is 13.9. The van der Waals surface area contributed by atoms with Crippen molar-refractivity contribution in [3.05, 3.63) is 70.8 Å². The lowest BCUT2D eigenvalue weighted by Crippen LogP contribution is -2.50. The number of H-pyrrole nitrogens is 1. The van der Waals surface area contributed by atoms with Gasteiger partial charge in [-0.05, 0) is 78.6 Å². The highest BCUT2D eigenvalue weighted by Gasteiger charge is 2.31. The van der Waals surface area contributed by atoms with Gasteiger partial charge in [0.05, 0.1) is 11.0 Å². The van der Waals surface area contributed by atoms with Gasteiger partial charge in [-0.2, -0.15) is 0 Å². The number of rotatable bonds is 8. The van der Waals surface area contributed by atoms with Crippen molar-refractivity contribution < 1.29 is 4.79 Å². The van der Waals surface area contributed by atoms with E-state index in [0.29, 0.717) is 17.8 Å². The lowest BCUT2D eigenvalue weighted by Gasteiger charge is -2.38. The van der Waals surface area contributed by atoms with Gasteiger partial charge in [-0.1, -0.05) is 12.5 Å². The molecule has 0 radical (unpaired) electrons. The second-order valence-electron chi connectivity index (χ2n) is 11.6. The Labute approximate surface area is 233 Å². The molecule has 2 aliphatic carbocycles. The fraction of sp³-hybridized carbons (Fsp3) is 0.419. The summed E-state index contributed by atoms with van der Waals surface area (Å²) in [7, 11) is 0. The number of amides is 1. The van der Waals surface area contributed by atoms with E-state index in [2.05, 4.69) is 36.1 Å². The van der Waals surface area contributed by atoms with E-state index in [9.17, 15) is 9.59 Å². The van der Waals surface area contributed by atoms with Crippen LogP contribution in [0.25, 0.3) is 22.2 Å². The molecule has 3 fully saturated rings. The molecular weight excluding hydrogens is 502 g/mol. The van der Waals surface area contributed by atoms with Gasteiger partial charge in [-0.3, -0.25) is 14.5 Å². The summed E-state index contributed by atoms with van der Waals surface area (Å²) in [6.07, 6.45) is 9.50. The van der Waals surface area contributed by atoms with Crippen molar-refractivity contribution >= 4 is 28.7 Å². The van der Waals surface area contributed by atoms with E-state index in [1.165, 1.54) is 24.8 Å². The number of nitrogens with zero attached hydrogens (tertiary/aromatic N) is 5. The van der Waals surface area contributed by atoms with Crippen molar-refractivity contribution in [2.45, 2.75) is 45.2 Å². The third-order valence-electron chi connectivity index (χ3n) is 8.58. The zero-order valence-electron chi connectivity index (χ0n) is 22.7. The number of carbonyl (C=O) groups excluding carboxylic acids is 1. The Balaban J connectivity index is 0.994. The monoisotopic (exact) mass is 537 g/mol. The fourth-order valence-electron chi connectivity index (χ4n) is 5.73. The van der Waals surface area contributed by atoms with Crippen molar-refractivity contribution in [2.24, 2.45) is 11.8 Å². The van der Waals surface area contributed by atoms with Gasteiger partial charge < -0.3 is 19.8 Å². The molecule has 1 saturated heterocycles. The first-order chi connectivity index (χ1) is 19.6. The van der Waals surface area contributed by atoms with Crippen LogP contribution < -0.4 is 10.9 Å². The van der Waals surface area contributed by atoms with Crippen LogP contribution in [0.4, 0.5) is 11.8 Å². The molecule has 1 aliphatic heterocycles. The number of piperazine rings is 1. The summed E-state index contributed by atoms with van der Waals surface area (Å²) in [5, 5.41) is 3.32. The molecule has 9 heteroatoms.